The molecular weight excluding hydrogens is 238 g/mol. The second-order valence-corrected chi connectivity index (χ2v) is 5.79. The summed E-state index contributed by atoms with van der Waals surface area (Å²) >= 11 is 0. The first kappa shape index (κ1) is 13.5. The van der Waals surface area contributed by atoms with E-state index in [2.05, 4.69) is 4.99 Å². The minimum atomic E-state index is -0.442. The molecule has 0 spiro atoms. The number of carbonyl (C=O) groups is 1. The smallest absolute Gasteiger partial charge is 0.181 e. The molecule has 1 unspecified atom stereocenters. The van der Waals surface area contributed by atoms with Crippen LogP contribution < -0.4 is 0 Å². The number of hydrogen-bond acceptors (Lipinski definition) is 3. The highest BCUT2D eigenvalue weighted by atomic mass is 16.3. The third-order valence-electron chi connectivity index (χ3n) is 3.36. The molecule has 0 aromatic heterocycles. The SMILES string of the molecule is CN=C1/C(=C(/O)C(C)(C)C)C(=O)C1c1ccccc1. The number of rotatable bonds is 1. The molecule has 1 aliphatic carbocycles. The number of Topliss-reactive ketones (excluding diaryl/α,β-unsaturated/α-hetero) is 1. The molecular formula is C16H19NO2. The number of benzene rings is 1. The molecule has 0 bridgehead atoms. The van der Waals surface area contributed by atoms with Gasteiger partial charge < -0.3 is 5.11 Å². The van der Waals surface area contributed by atoms with E-state index in [0.29, 0.717) is 11.3 Å². The van der Waals surface area contributed by atoms with Gasteiger partial charge >= 0.3 is 0 Å². The van der Waals surface area contributed by atoms with Crippen LogP contribution in [0.2, 0.25) is 0 Å². The van der Waals surface area contributed by atoms with Crippen molar-refractivity contribution in [1.82, 2.24) is 0 Å². The van der Waals surface area contributed by atoms with Gasteiger partial charge in [0.2, 0.25) is 0 Å². The van der Waals surface area contributed by atoms with E-state index in [1.807, 2.05) is 51.1 Å². The number of carbonyl (C=O) groups excluding carboxylic acids is 1. The van der Waals surface area contributed by atoms with Crippen LogP contribution in [0.4, 0.5) is 0 Å². The van der Waals surface area contributed by atoms with Crippen LogP contribution in [0.15, 0.2) is 46.7 Å². The Labute approximate surface area is 113 Å². The minimum Gasteiger partial charge on any atom is -0.511 e. The van der Waals surface area contributed by atoms with Crippen molar-refractivity contribution in [2.24, 2.45) is 10.4 Å². The lowest BCUT2D eigenvalue weighted by Gasteiger charge is -2.33. The van der Waals surface area contributed by atoms with Gasteiger partial charge in [0.15, 0.2) is 5.78 Å². The maximum Gasteiger partial charge on any atom is 0.181 e. The van der Waals surface area contributed by atoms with Gasteiger partial charge in [0.05, 0.1) is 17.2 Å². The van der Waals surface area contributed by atoms with Gasteiger partial charge in [0.25, 0.3) is 0 Å². The van der Waals surface area contributed by atoms with Gasteiger partial charge in [-0.15, -0.1) is 0 Å². The van der Waals surface area contributed by atoms with Gasteiger partial charge in [-0.1, -0.05) is 51.1 Å². The van der Waals surface area contributed by atoms with Crippen molar-refractivity contribution in [1.29, 1.82) is 0 Å². The van der Waals surface area contributed by atoms with Crippen LogP contribution in [0, 0.1) is 5.41 Å². The first-order valence-electron chi connectivity index (χ1n) is 6.38. The number of hydrogen-bond donors (Lipinski definition) is 1. The van der Waals surface area contributed by atoms with Crippen LogP contribution >= 0.6 is 0 Å². The molecule has 100 valence electrons. The van der Waals surface area contributed by atoms with Crippen molar-refractivity contribution in [3.8, 4) is 0 Å². The Morgan fingerprint density at radius 3 is 2.26 bits per heavy atom. The summed E-state index contributed by atoms with van der Waals surface area (Å²) < 4.78 is 0. The van der Waals surface area contributed by atoms with Gasteiger partial charge in [-0.05, 0) is 5.56 Å². The molecule has 1 aliphatic rings. The Hall–Kier alpha value is -1.90. The molecule has 1 N–H and O–H groups in total. The molecule has 3 heteroatoms. The molecule has 0 radical (unpaired) electrons. The summed E-state index contributed by atoms with van der Waals surface area (Å²) in [4.78, 5) is 16.5. The molecule has 0 saturated heterocycles. The highest BCUT2D eigenvalue weighted by Gasteiger charge is 2.46. The predicted octanol–water partition coefficient (Wildman–Crippen LogP) is 3.28. The molecule has 0 aliphatic heterocycles. The average Bonchev–Trinajstić information content (AvgIpc) is 2.35. The molecule has 1 aromatic rings. The molecule has 1 atom stereocenters. The van der Waals surface area contributed by atoms with Crippen LogP contribution in [0.25, 0.3) is 0 Å². The van der Waals surface area contributed by atoms with E-state index in [9.17, 15) is 9.90 Å². The number of nitrogens with zero attached hydrogens (tertiary/aromatic N) is 1. The summed E-state index contributed by atoms with van der Waals surface area (Å²) in [5.41, 5.74) is 1.56. The number of aliphatic hydroxyl groups excluding tert-OH is 1. The third-order valence-corrected chi connectivity index (χ3v) is 3.36. The van der Waals surface area contributed by atoms with Crippen molar-refractivity contribution >= 4 is 11.5 Å². The second-order valence-electron chi connectivity index (χ2n) is 5.79. The number of allylic oxidation sites excluding steroid dienone is 2. The van der Waals surface area contributed by atoms with Crippen LogP contribution in [-0.4, -0.2) is 23.6 Å². The predicted molar refractivity (Wildman–Crippen MR) is 76.7 cm³/mol. The van der Waals surface area contributed by atoms with E-state index in [1.54, 1.807) is 7.05 Å². The maximum absolute atomic E-state index is 12.3. The van der Waals surface area contributed by atoms with Gasteiger partial charge in [-0.25, -0.2) is 0 Å². The fourth-order valence-electron chi connectivity index (χ4n) is 2.27. The van der Waals surface area contributed by atoms with Crippen LogP contribution in [0.5, 0.6) is 0 Å². The van der Waals surface area contributed by atoms with Gasteiger partial charge in [-0.3, -0.25) is 9.79 Å². The second kappa shape index (κ2) is 4.65. The Kier molecular flexibility index (Phi) is 3.31. The normalized spacial score (nSPS) is 24.3. The maximum atomic E-state index is 12.3. The summed E-state index contributed by atoms with van der Waals surface area (Å²) in [5.74, 6) is -0.241. The van der Waals surface area contributed by atoms with Crippen molar-refractivity contribution in [2.45, 2.75) is 26.7 Å². The Bertz CT molecular complexity index is 562. The Morgan fingerprint density at radius 1 is 1.21 bits per heavy atom. The monoisotopic (exact) mass is 257 g/mol. The first-order chi connectivity index (χ1) is 8.88. The van der Waals surface area contributed by atoms with E-state index in [0.717, 1.165) is 5.56 Å². The van der Waals surface area contributed by atoms with Crippen LogP contribution in [0.3, 0.4) is 0 Å². The molecule has 1 aromatic carbocycles. The zero-order valence-electron chi connectivity index (χ0n) is 11.8. The van der Waals surface area contributed by atoms with Crippen LogP contribution in [0.1, 0.15) is 32.3 Å². The summed E-state index contributed by atoms with van der Waals surface area (Å²) in [6.07, 6.45) is 0. The summed E-state index contributed by atoms with van der Waals surface area (Å²) in [6, 6.07) is 9.55. The quantitative estimate of drug-likeness (QED) is 0.620. The van der Waals surface area contributed by atoms with Crippen molar-refractivity contribution in [3.63, 3.8) is 0 Å². The molecule has 19 heavy (non-hydrogen) atoms. The van der Waals surface area contributed by atoms with E-state index >= 15 is 0 Å². The highest BCUT2D eigenvalue weighted by Crippen LogP contribution is 2.40. The topological polar surface area (TPSA) is 49.7 Å². The molecule has 3 nitrogen and oxygen atoms in total. The zero-order valence-corrected chi connectivity index (χ0v) is 11.8. The largest absolute Gasteiger partial charge is 0.511 e. The summed E-state index contributed by atoms with van der Waals surface area (Å²) in [6.45, 7) is 5.64. The fourth-order valence-corrected chi connectivity index (χ4v) is 2.27. The lowest BCUT2D eigenvalue weighted by Crippen LogP contribution is -2.41. The third kappa shape index (κ3) is 2.21. The fraction of sp³-hybridized carbons (Fsp3) is 0.375. The standard InChI is InChI=1S/C16H19NO2/c1-16(2,3)15(19)12-13(17-4)11(14(12)18)10-8-6-5-7-9-10/h5-9,11,19H,1-4H3/b15-12-,17-13?. The Balaban J connectivity index is 2.44. The molecule has 0 heterocycles. The molecule has 0 amide bonds. The van der Waals surface area contributed by atoms with Gasteiger partial charge in [0.1, 0.15) is 5.76 Å². The number of ketones is 1. The zero-order chi connectivity index (χ0) is 14.2. The van der Waals surface area contributed by atoms with Crippen molar-refractivity contribution in [3.05, 3.63) is 47.2 Å². The number of aliphatic imine (C=N–C) groups is 1. The first-order valence-corrected chi connectivity index (χ1v) is 6.38. The Morgan fingerprint density at radius 2 is 1.79 bits per heavy atom. The van der Waals surface area contributed by atoms with E-state index < -0.39 is 5.41 Å². The lowest BCUT2D eigenvalue weighted by molar-refractivity contribution is -0.116. The van der Waals surface area contributed by atoms with Gasteiger partial charge in [-0.2, -0.15) is 0 Å². The lowest BCUT2D eigenvalue weighted by atomic mass is 9.69. The van der Waals surface area contributed by atoms with Crippen molar-refractivity contribution in [2.75, 3.05) is 7.05 Å². The number of aliphatic hydroxyl groups is 1. The average molecular weight is 257 g/mol. The molecule has 1 fully saturated rings. The highest BCUT2D eigenvalue weighted by molar-refractivity contribution is 6.44. The van der Waals surface area contributed by atoms with Gasteiger partial charge in [0, 0.05) is 12.5 Å². The summed E-state index contributed by atoms with van der Waals surface area (Å²) in [5, 5.41) is 10.2. The summed E-state index contributed by atoms with van der Waals surface area (Å²) in [7, 11) is 1.66. The van der Waals surface area contributed by atoms with E-state index in [4.69, 9.17) is 0 Å². The van der Waals surface area contributed by atoms with Crippen LogP contribution in [-0.2, 0) is 4.79 Å². The molecule has 2 rings (SSSR count). The minimum absolute atomic E-state index is 0.0424. The van der Waals surface area contributed by atoms with Crippen molar-refractivity contribution < 1.29 is 9.90 Å². The van der Waals surface area contributed by atoms with E-state index in [1.165, 1.54) is 0 Å². The molecule has 1 saturated carbocycles. The van der Waals surface area contributed by atoms with E-state index in [-0.39, 0.29) is 17.5 Å².